The van der Waals surface area contributed by atoms with Gasteiger partial charge in [-0.1, -0.05) is 6.92 Å². The highest BCUT2D eigenvalue weighted by molar-refractivity contribution is 5.95. The van der Waals surface area contributed by atoms with Crippen molar-refractivity contribution >= 4 is 5.91 Å². The Bertz CT molecular complexity index is 450. The van der Waals surface area contributed by atoms with E-state index in [-0.39, 0.29) is 11.7 Å². The Kier molecular flexibility index (Phi) is 4.89. The lowest BCUT2D eigenvalue weighted by atomic mass is 10.2. The highest BCUT2D eigenvalue weighted by atomic mass is 16.5. The van der Waals surface area contributed by atoms with E-state index < -0.39 is 0 Å². The third-order valence-corrected chi connectivity index (χ3v) is 3.53. The number of hydrogen-bond donors (Lipinski definition) is 0. The largest absolute Gasteiger partial charge is 0.490 e. The number of amides is 1. The SMILES string of the molecule is CCCN1CCN(C(=O)c2occ(OC)c2OC)CC1. The van der Waals surface area contributed by atoms with E-state index in [1.807, 2.05) is 0 Å². The van der Waals surface area contributed by atoms with E-state index in [0.717, 1.165) is 26.1 Å². The number of carbonyl (C=O) groups excluding carboxylic acids is 1. The first kappa shape index (κ1) is 14.7. The van der Waals surface area contributed by atoms with Crippen molar-refractivity contribution < 1.29 is 18.7 Å². The zero-order valence-electron chi connectivity index (χ0n) is 12.3. The summed E-state index contributed by atoms with van der Waals surface area (Å²) in [6.07, 6.45) is 2.54. The first-order chi connectivity index (χ1) is 9.71. The quantitative estimate of drug-likeness (QED) is 0.818. The van der Waals surface area contributed by atoms with Crippen LogP contribution in [-0.4, -0.2) is 62.7 Å². The van der Waals surface area contributed by atoms with E-state index in [4.69, 9.17) is 13.9 Å². The van der Waals surface area contributed by atoms with E-state index in [1.165, 1.54) is 20.5 Å². The second-order valence-electron chi connectivity index (χ2n) is 4.80. The van der Waals surface area contributed by atoms with Gasteiger partial charge in [-0.05, 0) is 13.0 Å². The van der Waals surface area contributed by atoms with Gasteiger partial charge in [0.2, 0.25) is 11.5 Å². The second kappa shape index (κ2) is 6.65. The molecule has 20 heavy (non-hydrogen) atoms. The van der Waals surface area contributed by atoms with Gasteiger partial charge in [0.1, 0.15) is 6.26 Å². The molecule has 1 fully saturated rings. The molecule has 2 rings (SSSR count). The Morgan fingerprint density at radius 2 is 1.95 bits per heavy atom. The van der Waals surface area contributed by atoms with Crippen molar-refractivity contribution in [2.45, 2.75) is 13.3 Å². The first-order valence-corrected chi connectivity index (χ1v) is 6.92. The van der Waals surface area contributed by atoms with Crippen LogP contribution in [0.1, 0.15) is 23.9 Å². The van der Waals surface area contributed by atoms with Gasteiger partial charge >= 0.3 is 0 Å². The van der Waals surface area contributed by atoms with Crippen molar-refractivity contribution in [1.82, 2.24) is 9.80 Å². The summed E-state index contributed by atoms with van der Waals surface area (Å²) >= 11 is 0. The predicted molar refractivity (Wildman–Crippen MR) is 74.4 cm³/mol. The molecule has 0 N–H and O–H groups in total. The van der Waals surface area contributed by atoms with Gasteiger partial charge in [-0.15, -0.1) is 0 Å². The maximum absolute atomic E-state index is 12.5. The molecule has 0 saturated carbocycles. The van der Waals surface area contributed by atoms with Crippen molar-refractivity contribution in [1.29, 1.82) is 0 Å². The molecule has 1 saturated heterocycles. The molecular formula is C14H22N2O4. The molecule has 0 atom stereocenters. The van der Waals surface area contributed by atoms with Gasteiger partial charge < -0.3 is 18.8 Å². The Morgan fingerprint density at radius 3 is 2.50 bits per heavy atom. The van der Waals surface area contributed by atoms with Crippen molar-refractivity contribution in [2.24, 2.45) is 0 Å². The van der Waals surface area contributed by atoms with Gasteiger partial charge in [0.25, 0.3) is 5.91 Å². The number of methoxy groups -OCH3 is 2. The minimum absolute atomic E-state index is 0.138. The van der Waals surface area contributed by atoms with Crippen molar-refractivity contribution in [2.75, 3.05) is 46.9 Å². The molecular weight excluding hydrogens is 260 g/mol. The summed E-state index contributed by atoms with van der Waals surface area (Å²) in [7, 11) is 3.02. The normalized spacial score (nSPS) is 16.2. The van der Waals surface area contributed by atoms with E-state index in [1.54, 1.807) is 4.90 Å². The summed E-state index contributed by atoms with van der Waals surface area (Å²) in [5.41, 5.74) is 0. The lowest BCUT2D eigenvalue weighted by Gasteiger charge is -2.34. The molecule has 1 aliphatic heterocycles. The van der Waals surface area contributed by atoms with Crippen LogP contribution in [-0.2, 0) is 0 Å². The zero-order valence-corrected chi connectivity index (χ0v) is 12.3. The molecule has 6 heteroatoms. The lowest BCUT2D eigenvalue weighted by Crippen LogP contribution is -2.48. The Labute approximate surface area is 119 Å². The molecule has 1 aliphatic rings. The molecule has 112 valence electrons. The van der Waals surface area contributed by atoms with Gasteiger partial charge in [-0.3, -0.25) is 9.69 Å². The van der Waals surface area contributed by atoms with Crippen LogP contribution in [0.2, 0.25) is 0 Å². The van der Waals surface area contributed by atoms with E-state index in [0.29, 0.717) is 24.6 Å². The fraction of sp³-hybridized carbons (Fsp3) is 0.643. The van der Waals surface area contributed by atoms with E-state index in [2.05, 4.69) is 11.8 Å². The summed E-state index contributed by atoms with van der Waals surface area (Å²) in [6, 6.07) is 0. The number of furan rings is 1. The average Bonchev–Trinajstić information content (AvgIpc) is 2.90. The number of carbonyl (C=O) groups is 1. The minimum atomic E-state index is -0.138. The number of hydrogen-bond acceptors (Lipinski definition) is 5. The molecule has 0 radical (unpaired) electrons. The standard InChI is InChI=1S/C14H22N2O4/c1-4-5-15-6-8-16(9-7-15)14(17)13-12(19-3)11(18-2)10-20-13/h10H,4-9H2,1-3H3. The molecule has 2 heterocycles. The third-order valence-electron chi connectivity index (χ3n) is 3.53. The fourth-order valence-corrected chi connectivity index (χ4v) is 2.45. The first-order valence-electron chi connectivity index (χ1n) is 6.92. The molecule has 0 bridgehead atoms. The molecule has 0 aromatic carbocycles. The van der Waals surface area contributed by atoms with Crippen LogP contribution in [0, 0.1) is 0 Å². The third kappa shape index (κ3) is 2.90. The van der Waals surface area contributed by atoms with Gasteiger partial charge in [-0.25, -0.2) is 0 Å². The molecule has 6 nitrogen and oxygen atoms in total. The summed E-state index contributed by atoms with van der Waals surface area (Å²) < 4.78 is 15.6. The van der Waals surface area contributed by atoms with Crippen LogP contribution in [0.5, 0.6) is 11.5 Å². The van der Waals surface area contributed by atoms with Crippen molar-refractivity contribution in [3.8, 4) is 11.5 Å². The Hall–Kier alpha value is -1.69. The van der Waals surface area contributed by atoms with Crippen LogP contribution >= 0.6 is 0 Å². The molecule has 1 aromatic heterocycles. The monoisotopic (exact) mass is 282 g/mol. The van der Waals surface area contributed by atoms with Crippen LogP contribution in [0.25, 0.3) is 0 Å². The summed E-state index contributed by atoms with van der Waals surface area (Å²) in [5, 5.41) is 0. The maximum atomic E-state index is 12.5. The molecule has 0 aliphatic carbocycles. The number of piperazine rings is 1. The maximum Gasteiger partial charge on any atom is 0.293 e. The smallest absolute Gasteiger partial charge is 0.293 e. The van der Waals surface area contributed by atoms with Crippen LogP contribution < -0.4 is 9.47 Å². The summed E-state index contributed by atoms with van der Waals surface area (Å²) in [6.45, 7) is 6.48. The Balaban J connectivity index is 2.04. The van der Waals surface area contributed by atoms with E-state index >= 15 is 0 Å². The Morgan fingerprint density at radius 1 is 1.25 bits per heavy atom. The van der Waals surface area contributed by atoms with Gasteiger partial charge in [0.05, 0.1) is 14.2 Å². The van der Waals surface area contributed by atoms with Crippen LogP contribution in [0.3, 0.4) is 0 Å². The summed E-state index contributed by atoms with van der Waals surface area (Å²) in [5.74, 6) is 0.892. The van der Waals surface area contributed by atoms with Crippen LogP contribution in [0.15, 0.2) is 10.7 Å². The van der Waals surface area contributed by atoms with Gasteiger partial charge in [0, 0.05) is 26.2 Å². The van der Waals surface area contributed by atoms with Gasteiger partial charge in [0.15, 0.2) is 5.75 Å². The molecule has 1 amide bonds. The van der Waals surface area contributed by atoms with E-state index in [9.17, 15) is 4.79 Å². The average molecular weight is 282 g/mol. The lowest BCUT2D eigenvalue weighted by molar-refractivity contribution is 0.0602. The predicted octanol–water partition coefficient (Wildman–Crippen LogP) is 1.46. The molecule has 1 aromatic rings. The number of nitrogens with zero attached hydrogens (tertiary/aromatic N) is 2. The summed E-state index contributed by atoms with van der Waals surface area (Å²) in [4.78, 5) is 16.6. The number of rotatable bonds is 5. The number of ether oxygens (including phenoxy) is 2. The molecule has 0 spiro atoms. The second-order valence-corrected chi connectivity index (χ2v) is 4.80. The fourth-order valence-electron chi connectivity index (χ4n) is 2.45. The molecule has 0 unspecified atom stereocenters. The van der Waals surface area contributed by atoms with Crippen molar-refractivity contribution in [3.05, 3.63) is 12.0 Å². The van der Waals surface area contributed by atoms with Crippen LogP contribution in [0.4, 0.5) is 0 Å². The van der Waals surface area contributed by atoms with Crippen molar-refractivity contribution in [3.63, 3.8) is 0 Å². The topological polar surface area (TPSA) is 55.2 Å². The minimum Gasteiger partial charge on any atom is -0.490 e. The highest BCUT2D eigenvalue weighted by Gasteiger charge is 2.28. The zero-order chi connectivity index (χ0) is 14.5. The van der Waals surface area contributed by atoms with Gasteiger partial charge in [-0.2, -0.15) is 0 Å². The highest BCUT2D eigenvalue weighted by Crippen LogP contribution is 2.33.